The van der Waals surface area contributed by atoms with Gasteiger partial charge >= 0.3 is 6.36 Å². The molecule has 0 aliphatic rings. The molecule has 1 N–H and O–H groups in total. The van der Waals surface area contributed by atoms with E-state index in [1.54, 1.807) is 24.3 Å². The summed E-state index contributed by atoms with van der Waals surface area (Å²) in [5, 5.41) is 3.93. The quantitative estimate of drug-likeness (QED) is 0.593. The van der Waals surface area contributed by atoms with E-state index in [0.717, 1.165) is 23.1 Å². The van der Waals surface area contributed by atoms with Gasteiger partial charge in [-0.25, -0.2) is 4.98 Å². The molecule has 1 amide bonds. The second kappa shape index (κ2) is 7.93. The minimum absolute atomic E-state index is 0.234. The third kappa shape index (κ3) is 5.26. The Labute approximate surface area is 163 Å². The van der Waals surface area contributed by atoms with Crippen LogP contribution in [0.5, 0.6) is 11.5 Å². The number of benzene rings is 2. The SMILES string of the molecule is Cc1cc(Cl)nc2ccc(NC(=O)COc3ccc(OC(F)(F)F)cc3)cc12. The number of alkyl halides is 3. The molecule has 3 aromatic rings. The summed E-state index contributed by atoms with van der Waals surface area (Å²) in [5.74, 6) is -0.558. The normalized spacial score (nSPS) is 11.3. The van der Waals surface area contributed by atoms with E-state index in [0.29, 0.717) is 16.4 Å². The van der Waals surface area contributed by atoms with E-state index in [9.17, 15) is 18.0 Å². The fraction of sp³-hybridized carbons (Fsp3) is 0.158. The molecule has 0 aliphatic carbocycles. The van der Waals surface area contributed by atoms with Crippen LogP contribution in [0.25, 0.3) is 10.9 Å². The molecule has 0 unspecified atom stereocenters. The van der Waals surface area contributed by atoms with Crippen molar-refractivity contribution in [1.29, 1.82) is 0 Å². The van der Waals surface area contributed by atoms with E-state index in [-0.39, 0.29) is 18.1 Å². The zero-order valence-electron chi connectivity index (χ0n) is 14.5. The molecular formula is C19H14ClF3N2O3. The minimum Gasteiger partial charge on any atom is -0.484 e. The zero-order valence-corrected chi connectivity index (χ0v) is 15.3. The van der Waals surface area contributed by atoms with Gasteiger partial charge in [0, 0.05) is 11.1 Å². The van der Waals surface area contributed by atoms with Crippen molar-refractivity contribution < 1.29 is 27.4 Å². The van der Waals surface area contributed by atoms with E-state index in [2.05, 4.69) is 15.0 Å². The highest BCUT2D eigenvalue weighted by atomic mass is 35.5. The Morgan fingerprint density at radius 2 is 1.79 bits per heavy atom. The van der Waals surface area contributed by atoms with Crippen LogP contribution in [0.1, 0.15) is 5.56 Å². The monoisotopic (exact) mass is 410 g/mol. The number of fused-ring (bicyclic) bond motifs is 1. The van der Waals surface area contributed by atoms with Crippen molar-refractivity contribution in [3.8, 4) is 11.5 Å². The van der Waals surface area contributed by atoms with Gasteiger partial charge in [-0.05, 0) is 61.0 Å². The number of anilines is 1. The Morgan fingerprint density at radius 1 is 1.11 bits per heavy atom. The molecule has 28 heavy (non-hydrogen) atoms. The number of carbonyl (C=O) groups is 1. The number of rotatable bonds is 5. The van der Waals surface area contributed by atoms with Gasteiger partial charge in [0.15, 0.2) is 6.61 Å². The molecule has 1 aromatic heterocycles. The molecule has 3 rings (SSSR count). The number of aryl methyl sites for hydroxylation is 1. The van der Waals surface area contributed by atoms with Crippen LogP contribution >= 0.6 is 11.6 Å². The van der Waals surface area contributed by atoms with Crippen LogP contribution < -0.4 is 14.8 Å². The third-order valence-electron chi connectivity index (χ3n) is 3.70. The van der Waals surface area contributed by atoms with Crippen LogP contribution in [0.15, 0.2) is 48.5 Å². The molecule has 0 radical (unpaired) electrons. The molecule has 2 aromatic carbocycles. The maximum atomic E-state index is 12.1. The lowest BCUT2D eigenvalue weighted by Crippen LogP contribution is -2.20. The van der Waals surface area contributed by atoms with E-state index >= 15 is 0 Å². The van der Waals surface area contributed by atoms with Crippen molar-refractivity contribution >= 4 is 34.1 Å². The van der Waals surface area contributed by atoms with Crippen LogP contribution in [0, 0.1) is 6.92 Å². The number of halogens is 4. The Balaban J connectivity index is 1.59. The van der Waals surface area contributed by atoms with Gasteiger partial charge in [0.1, 0.15) is 16.7 Å². The molecule has 0 bridgehead atoms. The molecule has 5 nitrogen and oxygen atoms in total. The van der Waals surface area contributed by atoms with Gasteiger partial charge in [0.25, 0.3) is 5.91 Å². The predicted octanol–water partition coefficient (Wildman–Crippen LogP) is 5.11. The topological polar surface area (TPSA) is 60.5 Å². The first-order valence-corrected chi connectivity index (χ1v) is 8.43. The van der Waals surface area contributed by atoms with Crippen molar-refractivity contribution in [3.05, 3.63) is 59.2 Å². The van der Waals surface area contributed by atoms with Crippen molar-refractivity contribution in [2.45, 2.75) is 13.3 Å². The summed E-state index contributed by atoms with van der Waals surface area (Å²) in [6, 6.07) is 11.7. The number of hydrogen-bond donors (Lipinski definition) is 1. The summed E-state index contributed by atoms with van der Waals surface area (Å²) in [6.07, 6.45) is -4.76. The average Bonchev–Trinajstić information content (AvgIpc) is 2.60. The molecule has 0 fully saturated rings. The van der Waals surface area contributed by atoms with Crippen molar-refractivity contribution in [3.63, 3.8) is 0 Å². The first-order valence-electron chi connectivity index (χ1n) is 8.05. The van der Waals surface area contributed by atoms with Crippen molar-refractivity contribution in [2.24, 2.45) is 0 Å². The van der Waals surface area contributed by atoms with Gasteiger partial charge in [-0.3, -0.25) is 4.79 Å². The summed E-state index contributed by atoms with van der Waals surface area (Å²) >= 11 is 5.93. The van der Waals surface area contributed by atoms with Crippen LogP contribution in [0.4, 0.5) is 18.9 Å². The fourth-order valence-electron chi connectivity index (χ4n) is 2.51. The average molecular weight is 411 g/mol. The van der Waals surface area contributed by atoms with Crippen LogP contribution in [-0.4, -0.2) is 23.9 Å². The van der Waals surface area contributed by atoms with Gasteiger partial charge in [0.2, 0.25) is 0 Å². The van der Waals surface area contributed by atoms with E-state index < -0.39 is 12.3 Å². The zero-order chi connectivity index (χ0) is 20.3. The Bertz CT molecular complexity index is 1010. The lowest BCUT2D eigenvalue weighted by atomic mass is 10.1. The summed E-state index contributed by atoms with van der Waals surface area (Å²) in [6.45, 7) is 1.58. The van der Waals surface area contributed by atoms with Crippen LogP contribution in [0.3, 0.4) is 0 Å². The Hall–Kier alpha value is -3.00. The second-order valence-corrected chi connectivity index (χ2v) is 6.24. The summed E-state index contributed by atoms with van der Waals surface area (Å²) in [4.78, 5) is 16.3. The molecule has 0 spiro atoms. The molecule has 0 atom stereocenters. The van der Waals surface area contributed by atoms with Gasteiger partial charge in [-0.2, -0.15) is 0 Å². The Morgan fingerprint density at radius 3 is 2.46 bits per heavy atom. The molecule has 0 saturated heterocycles. The van der Waals surface area contributed by atoms with E-state index in [4.69, 9.17) is 16.3 Å². The maximum Gasteiger partial charge on any atom is 0.573 e. The number of hydrogen-bond acceptors (Lipinski definition) is 4. The molecular weight excluding hydrogens is 397 g/mol. The fourth-order valence-corrected chi connectivity index (χ4v) is 2.77. The summed E-state index contributed by atoms with van der Waals surface area (Å²) in [7, 11) is 0. The summed E-state index contributed by atoms with van der Waals surface area (Å²) in [5.41, 5.74) is 2.19. The lowest BCUT2D eigenvalue weighted by molar-refractivity contribution is -0.274. The number of nitrogens with zero attached hydrogens (tertiary/aromatic N) is 1. The minimum atomic E-state index is -4.76. The lowest BCUT2D eigenvalue weighted by Gasteiger charge is -2.11. The molecule has 0 saturated carbocycles. The number of ether oxygens (including phenoxy) is 2. The highest BCUT2D eigenvalue weighted by Gasteiger charge is 2.30. The van der Waals surface area contributed by atoms with Gasteiger partial charge in [-0.15, -0.1) is 13.2 Å². The number of pyridine rings is 1. The predicted molar refractivity (Wildman–Crippen MR) is 98.7 cm³/mol. The largest absolute Gasteiger partial charge is 0.573 e. The molecule has 0 aliphatic heterocycles. The summed E-state index contributed by atoms with van der Waals surface area (Å²) < 4.78 is 45.4. The van der Waals surface area contributed by atoms with E-state index in [1.165, 1.54) is 12.1 Å². The highest BCUT2D eigenvalue weighted by Crippen LogP contribution is 2.25. The Kier molecular flexibility index (Phi) is 5.60. The highest BCUT2D eigenvalue weighted by molar-refractivity contribution is 6.30. The first kappa shape index (κ1) is 19.8. The standard InChI is InChI=1S/C19H14ClF3N2O3/c1-11-8-17(20)25-16-7-2-12(9-15(11)16)24-18(26)10-27-13-3-5-14(6-4-13)28-19(21,22)23/h2-9H,10H2,1H3,(H,24,26). The van der Waals surface area contributed by atoms with E-state index in [1.807, 2.05) is 6.92 Å². The van der Waals surface area contributed by atoms with Crippen molar-refractivity contribution in [2.75, 3.05) is 11.9 Å². The van der Waals surface area contributed by atoms with Gasteiger partial charge < -0.3 is 14.8 Å². The van der Waals surface area contributed by atoms with Crippen molar-refractivity contribution in [1.82, 2.24) is 4.98 Å². The number of aromatic nitrogens is 1. The molecule has 1 heterocycles. The van der Waals surface area contributed by atoms with Gasteiger partial charge in [0.05, 0.1) is 5.52 Å². The van der Waals surface area contributed by atoms with Crippen LogP contribution in [0.2, 0.25) is 5.15 Å². The van der Waals surface area contributed by atoms with Gasteiger partial charge in [-0.1, -0.05) is 11.6 Å². The second-order valence-electron chi connectivity index (χ2n) is 5.85. The number of carbonyl (C=O) groups excluding carboxylic acids is 1. The molecule has 9 heteroatoms. The van der Waals surface area contributed by atoms with Crippen LogP contribution in [-0.2, 0) is 4.79 Å². The first-order chi connectivity index (χ1) is 13.2. The smallest absolute Gasteiger partial charge is 0.484 e. The maximum absolute atomic E-state index is 12.1. The third-order valence-corrected chi connectivity index (χ3v) is 3.89. The molecule has 146 valence electrons. The number of amides is 1. The number of nitrogens with one attached hydrogen (secondary N) is 1.